The predicted molar refractivity (Wildman–Crippen MR) is 39.6 cm³/mol. The van der Waals surface area contributed by atoms with E-state index >= 15 is 0 Å². The Kier molecular flexibility index (Phi) is 1.96. The van der Waals surface area contributed by atoms with Crippen molar-refractivity contribution in [1.82, 2.24) is 4.98 Å². The van der Waals surface area contributed by atoms with Gasteiger partial charge in [0.05, 0.1) is 0 Å². The van der Waals surface area contributed by atoms with E-state index in [9.17, 15) is 0 Å². The number of hydrogen-bond donors (Lipinski definition) is 0. The lowest BCUT2D eigenvalue weighted by atomic mass is 10.5. The number of rotatable bonds is 3. The van der Waals surface area contributed by atoms with Gasteiger partial charge in [0, 0.05) is 12.3 Å². The molecule has 0 aliphatic rings. The molecule has 2 nitrogen and oxygen atoms in total. The molecule has 0 aliphatic heterocycles. The van der Waals surface area contributed by atoms with E-state index in [0.717, 1.165) is 19.0 Å². The van der Waals surface area contributed by atoms with Crippen LogP contribution in [0.5, 0.6) is 5.88 Å². The lowest BCUT2D eigenvalue weighted by Gasteiger charge is -1.95. The average molecular weight is 140 g/mol. The first kappa shape index (κ1) is 5.17. The van der Waals surface area contributed by atoms with Gasteiger partial charge < -0.3 is 4.18 Å². The molecule has 4 heteroatoms. The maximum Gasteiger partial charge on any atom is 0.227 e. The van der Waals surface area contributed by atoms with Gasteiger partial charge in [0.1, 0.15) is 0 Å². The third-order valence-electron chi connectivity index (χ3n) is 0.771. The maximum atomic E-state index is 6.64. The Labute approximate surface area is 60.5 Å². The van der Waals surface area contributed by atoms with Crippen LogP contribution in [0.3, 0.4) is 0 Å². The summed E-state index contributed by atoms with van der Waals surface area (Å²) in [5, 5.41) is 0. The van der Waals surface area contributed by atoms with E-state index in [1.807, 2.05) is 12.1 Å². The summed E-state index contributed by atoms with van der Waals surface area (Å²) in [5.74, 6) is 0.524. The van der Waals surface area contributed by atoms with Crippen LogP contribution in [-0.2, 0) is 0 Å². The van der Waals surface area contributed by atoms with Crippen LogP contribution in [-0.4, -0.2) is 13.4 Å². The van der Waals surface area contributed by atoms with Crippen LogP contribution >= 0.6 is 11.9 Å². The van der Waals surface area contributed by atoms with Crippen LogP contribution in [0.1, 0.15) is 0 Å². The molecule has 0 unspecified atom stereocenters. The summed E-state index contributed by atoms with van der Waals surface area (Å²) in [6.45, 7) is 0. The van der Waals surface area contributed by atoms with Gasteiger partial charge in [-0.1, -0.05) is 6.07 Å². The third kappa shape index (κ3) is 1.97. The smallest absolute Gasteiger partial charge is 0.227 e. The molecule has 1 aromatic rings. The predicted octanol–water partition coefficient (Wildman–Crippen LogP) is 0.924. The summed E-state index contributed by atoms with van der Waals surface area (Å²) in [7, 11) is 1.11. The van der Waals surface area contributed by atoms with Crippen molar-refractivity contribution in [3.63, 3.8) is 0 Å². The summed E-state index contributed by atoms with van der Waals surface area (Å²) in [6, 6.07) is 5.37. The number of aromatic nitrogens is 1. The van der Waals surface area contributed by atoms with Crippen LogP contribution in [0.15, 0.2) is 24.4 Å². The Morgan fingerprint density at radius 1 is 1.78 bits per heavy atom. The van der Waals surface area contributed by atoms with Gasteiger partial charge in [-0.05, 0) is 19.3 Å². The first-order valence-corrected chi connectivity index (χ1v) is 3.18. The minimum Gasteiger partial charge on any atom is -0.419 e. The van der Waals surface area contributed by atoms with Crippen LogP contribution in [0.2, 0.25) is 0 Å². The molecule has 1 aromatic heterocycles. The topological polar surface area (TPSA) is 22.1 Å². The van der Waals surface area contributed by atoms with Crippen LogP contribution < -0.4 is 4.18 Å². The Hall–Kier alpha value is -0.635. The SMILES string of the molecule is [3H][B]SOc1ccccn1. The Bertz CT molecular complexity index is 186. The highest BCUT2D eigenvalue weighted by molar-refractivity contribution is 8.16. The molecule has 1 radical (unpaired) electrons. The first-order valence-electron chi connectivity index (χ1n) is 2.95. The highest BCUT2D eigenvalue weighted by atomic mass is 32.2. The summed E-state index contributed by atoms with van der Waals surface area (Å²) < 4.78 is 11.6. The zero-order chi connectivity index (χ0) is 7.23. The lowest BCUT2D eigenvalue weighted by molar-refractivity contribution is 0.624. The van der Waals surface area contributed by atoms with Gasteiger partial charge in [-0.15, -0.1) is 0 Å². The van der Waals surface area contributed by atoms with E-state index in [0.29, 0.717) is 5.88 Å². The zero-order valence-electron chi connectivity index (χ0n) is 5.65. The number of pyridine rings is 1. The molecule has 0 saturated heterocycles. The Balaban J connectivity index is 2.43. The quantitative estimate of drug-likeness (QED) is 0.460. The third-order valence-corrected chi connectivity index (χ3v) is 1.04. The Morgan fingerprint density at radius 3 is 3.44 bits per heavy atom. The van der Waals surface area contributed by atoms with Crippen molar-refractivity contribution in [2.24, 2.45) is 0 Å². The van der Waals surface area contributed by atoms with E-state index < -0.39 is 0 Å². The van der Waals surface area contributed by atoms with Gasteiger partial charge in [-0.3, -0.25) is 0 Å². The van der Waals surface area contributed by atoms with E-state index in [-0.39, 0.29) is 0 Å². The minimum absolute atomic E-state index is 0.524. The first-order chi connectivity index (χ1) is 4.93. The molecule has 45 valence electrons. The standard InChI is InChI=1S/C5H5BNOS/c6-9-8-5-3-1-2-4-7-5/h1-4,6H/i6T. The van der Waals surface area contributed by atoms with Gasteiger partial charge in [0.25, 0.3) is 0 Å². The Morgan fingerprint density at radius 2 is 2.78 bits per heavy atom. The maximum absolute atomic E-state index is 6.64. The molecule has 0 spiro atoms. The van der Waals surface area contributed by atoms with Gasteiger partial charge in [0.15, 0.2) is 0 Å². The molecule has 0 atom stereocenters. The molecule has 0 aliphatic carbocycles. The molecule has 0 aromatic carbocycles. The fourth-order valence-electron chi connectivity index (χ4n) is 0.446. The van der Waals surface area contributed by atoms with Gasteiger partial charge in [-0.2, -0.15) is 0 Å². The van der Waals surface area contributed by atoms with Crippen LogP contribution in [0.4, 0.5) is 0 Å². The summed E-state index contributed by atoms with van der Waals surface area (Å²) in [5.41, 5.74) is 0. The fraction of sp³-hybridized carbons (Fsp3) is 0. The van der Waals surface area contributed by atoms with E-state index in [2.05, 4.69) is 4.98 Å². The van der Waals surface area contributed by atoms with E-state index in [1.54, 1.807) is 12.3 Å². The van der Waals surface area contributed by atoms with Crippen LogP contribution in [0.25, 0.3) is 0 Å². The van der Waals surface area contributed by atoms with Crippen molar-refractivity contribution in [3.05, 3.63) is 24.4 Å². The molecular formula is C5H5BNOS. The molecule has 0 bridgehead atoms. The molecule has 0 amide bonds. The molecule has 0 fully saturated rings. The largest absolute Gasteiger partial charge is 0.419 e. The molecule has 9 heavy (non-hydrogen) atoms. The number of hydrogen-bond acceptors (Lipinski definition) is 3. The highest BCUT2D eigenvalue weighted by Gasteiger charge is 1.86. The van der Waals surface area contributed by atoms with Crippen molar-refractivity contribution in [2.45, 2.75) is 0 Å². The summed E-state index contributed by atoms with van der Waals surface area (Å²) in [6.07, 6.45) is 1.64. The second kappa shape index (κ2) is 3.40. The molecule has 0 N–H and O–H groups in total. The molecule has 1 rings (SSSR count). The second-order valence-electron chi connectivity index (χ2n) is 1.35. The second-order valence-corrected chi connectivity index (χ2v) is 1.71. The van der Waals surface area contributed by atoms with Gasteiger partial charge in [-0.25, -0.2) is 4.98 Å². The molecular weight excluding hydrogens is 133 g/mol. The summed E-state index contributed by atoms with van der Waals surface area (Å²) in [4.78, 5) is 3.87. The van der Waals surface area contributed by atoms with Crippen LogP contribution in [0, 0.1) is 0 Å². The van der Waals surface area contributed by atoms with Crippen molar-refractivity contribution in [1.29, 1.82) is 1.34 Å². The molecule has 0 saturated carbocycles. The fourth-order valence-corrected chi connectivity index (χ4v) is 0.643. The van der Waals surface area contributed by atoms with Gasteiger partial charge >= 0.3 is 0 Å². The molecule has 1 heterocycles. The van der Waals surface area contributed by atoms with E-state index in [4.69, 9.17) is 5.52 Å². The number of nitrogens with zero attached hydrogens (tertiary/aromatic N) is 1. The zero-order valence-corrected chi connectivity index (χ0v) is 5.47. The van der Waals surface area contributed by atoms with Crippen molar-refractivity contribution >= 4 is 19.0 Å². The van der Waals surface area contributed by atoms with Crippen molar-refractivity contribution < 1.29 is 4.18 Å². The average Bonchev–Trinajstić information content (AvgIpc) is 2.03. The normalized spacial score (nSPS) is 10.0. The lowest BCUT2D eigenvalue weighted by Crippen LogP contribution is -1.81. The van der Waals surface area contributed by atoms with Crippen molar-refractivity contribution in [3.8, 4) is 5.88 Å². The monoisotopic (exact) mass is 140 g/mol. The summed E-state index contributed by atoms with van der Waals surface area (Å²) >= 11 is 0.940. The minimum atomic E-state index is 0.524. The van der Waals surface area contributed by atoms with Crippen molar-refractivity contribution in [2.75, 3.05) is 0 Å². The van der Waals surface area contributed by atoms with E-state index in [1.165, 1.54) is 0 Å². The van der Waals surface area contributed by atoms with Gasteiger partial charge in [0.2, 0.25) is 13.0 Å². The highest BCUT2D eigenvalue weighted by Crippen LogP contribution is 2.07.